The van der Waals surface area contributed by atoms with Crippen LogP contribution >= 0.6 is 11.6 Å². The van der Waals surface area contributed by atoms with E-state index in [4.69, 9.17) is 21.1 Å². The van der Waals surface area contributed by atoms with Crippen LogP contribution < -0.4 is 5.32 Å². The summed E-state index contributed by atoms with van der Waals surface area (Å²) in [7, 11) is 2.59. The van der Waals surface area contributed by atoms with Crippen LogP contribution in [0.1, 0.15) is 46.2 Å². The highest BCUT2D eigenvalue weighted by molar-refractivity contribution is 6.35. The SMILES string of the molecule is COC(=O)c1nc(C2CC2)nc(N[C@@H](Cc2ccc(C)cc2)C(=O)OC)c1Cl. The minimum Gasteiger partial charge on any atom is -0.467 e. The number of rotatable bonds is 7. The molecule has 0 radical (unpaired) electrons. The number of esters is 2. The van der Waals surface area contributed by atoms with Crippen molar-refractivity contribution in [2.24, 2.45) is 0 Å². The number of carbonyl (C=O) groups is 2. The Bertz CT molecular complexity index is 882. The Morgan fingerprint density at radius 1 is 1.18 bits per heavy atom. The van der Waals surface area contributed by atoms with Crippen LogP contribution in [0.4, 0.5) is 5.82 Å². The number of nitrogens with one attached hydrogen (secondary N) is 1. The van der Waals surface area contributed by atoms with Crippen molar-refractivity contribution in [3.05, 3.63) is 51.9 Å². The number of ether oxygens (including phenoxy) is 2. The van der Waals surface area contributed by atoms with Gasteiger partial charge in [0.25, 0.3) is 0 Å². The summed E-state index contributed by atoms with van der Waals surface area (Å²) in [4.78, 5) is 33.1. The molecule has 1 N–H and O–H groups in total. The van der Waals surface area contributed by atoms with Crippen molar-refractivity contribution in [1.29, 1.82) is 0 Å². The van der Waals surface area contributed by atoms with E-state index in [1.165, 1.54) is 14.2 Å². The van der Waals surface area contributed by atoms with Gasteiger partial charge in [-0.25, -0.2) is 19.6 Å². The van der Waals surface area contributed by atoms with Crippen LogP contribution in [0.5, 0.6) is 0 Å². The lowest BCUT2D eigenvalue weighted by Crippen LogP contribution is -2.33. The number of benzene rings is 1. The summed E-state index contributed by atoms with van der Waals surface area (Å²) in [5.74, 6) is -0.170. The lowest BCUT2D eigenvalue weighted by Gasteiger charge is -2.19. The highest BCUT2D eigenvalue weighted by Gasteiger charge is 2.31. The van der Waals surface area contributed by atoms with Crippen LogP contribution in [0, 0.1) is 6.92 Å². The van der Waals surface area contributed by atoms with Crippen molar-refractivity contribution < 1.29 is 19.1 Å². The molecule has 1 aliphatic rings. The average Bonchev–Trinajstić information content (AvgIpc) is 3.54. The maximum atomic E-state index is 12.3. The standard InChI is InChI=1S/C20H22ClN3O4/c1-11-4-6-12(7-5-11)10-14(19(25)27-2)22-18-15(21)16(20(26)28-3)23-17(24-18)13-8-9-13/h4-7,13-14H,8-10H2,1-3H3,(H,22,23,24)/t14-/m0/s1. The van der Waals surface area contributed by atoms with Gasteiger partial charge in [-0.3, -0.25) is 0 Å². The molecule has 2 aromatic rings. The van der Waals surface area contributed by atoms with Crippen molar-refractivity contribution in [3.63, 3.8) is 0 Å². The molecule has 8 heteroatoms. The van der Waals surface area contributed by atoms with Crippen molar-refractivity contribution >= 4 is 29.4 Å². The molecule has 28 heavy (non-hydrogen) atoms. The first-order chi connectivity index (χ1) is 13.4. The normalized spacial score (nSPS) is 14.3. The average molecular weight is 404 g/mol. The van der Waals surface area contributed by atoms with E-state index in [0.29, 0.717) is 12.2 Å². The summed E-state index contributed by atoms with van der Waals surface area (Å²) in [6, 6.07) is 7.12. The molecule has 0 unspecified atom stereocenters. The van der Waals surface area contributed by atoms with Gasteiger partial charge in [-0.05, 0) is 25.3 Å². The number of carbonyl (C=O) groups excluding carboxylic acids is 2. The van der Waals surface area contributed by atoms with Crippen LogP contribution in [-0.2, 0) is 20.7 Å². The Hall–Kier alpha value is -2.67. The Labute approximate surface area is 168 Å². The number of halogens is 1. The summed E-state index contributed by atoms with van der Waals surface area (Å²) in [5, 5.41) is 3.06. The van der Waals surface area contributed by atoms with E-state index in [-0.39, 0.29) is 22.5 Å². The number of aryl methyl sites for hydroxylation is 1. The molecular weight excluding hydrogens is 382 g/mol. The van der Waals surface area contributed by atoms with Gasteiger partial charge in [0.1, 0.15) is 22.7 Å². The van der Waals surface area contributed by atoms with Crippen molar-refractivity contribution in [2.45, 2.75) is 38.1 Å². The monoisotopic (exact) mass is 403 g/mol. The molecule has 1 heterocycles. The highest BCUT2D eigenvalue weighted by Crippen LogP contribution is 2.40. The minimum atomic E-state index is -0.724. The third kappa shape index (κ3) is 4.59. The molecule has 0 spiro atoms. The molecule has 1 fully saturated rings. The Morgan fingerprint density at radius 2 is 1.86 bits per heavy atom. The van der Waals surface area contributed by atoms with Crippen molar-refractivity contribution in [1.82, 2.24) is 9.97 Å². The first-order valence-corrected chi connectivity index (χ1v) is 9.36. The number of anilines is 1. The van der Waals surface area contributed by atoms with Crippen LogP contribution in [0.3, 0.4) is 0 Å². The molecule has 1 aromatic carbocycles. The van der Waals surface area contributed by atoms with E-state index in [1.54, 1.807) is 0 Å². The van der Waals surface area contributed by atoms with Gasteiger partial charge in [-0.1, -0.05) is 41.4 Å². The zero-order chi connectivity index (χ0) is 20.3. The van der Waals surface area contributed by atoms with Gasteiger partial charge in [0.2, 0.25) is 0 Å². The van der Waals surface area contributed by atoms with E-state index in [2.05, 4.69) is 15.3 Å². The van der Waals surface area contributed by atoms with Gasteiger partial charge in [-0.2, -0.15) is 0 Å². The first-order valence-electron chi connectivity index (χ1n) is 8.98. The van der Waals surface area contributed by atoms with Gasteiger partial charge in [-0.15, -0.1) is 0 Å². The first kappa shape index (κ1) is 20.1. The lowest BCUT2D eigenvalue weighted by molar-refractivity contribution is -0.141. The second-order valence-electron chi connectivity index (χ2n) is 6.77. The van der Waals surface area contributed by atoms with Gasteiger partial charge in [0.05, 0.1) is 14.2 Å². The van der Waals surface area contributed by atoms with E-state index >= 15 is 0 Å². The molecule has 0 bridgehead atoms. The number of hydrogen-bond donors (Lipinski definition) is 1. The fraction of sp³-hybridized carbons (Fsp3) is 0.400. The van der Waals surface area contributed by atoms with Gasteiger partial charge >= 0.3 is 11.9 Å². The fourth-order valence-electron chi connectivity index (χ4n) is 2.78. The molecule has 1 aromatic heterocycles. The Morgan fingerprint density at radius 3 is 2.43 bits per heavy atom. The minimum absolute atomic E-state index is 0.0116. The maximum Gasteiger partial charge on any atom is 0.358 e. The topological polar surface area (TPSA) is 90.4 Å². The number of methoxy groups -OCH3 is 2. The third-order valence-corrected chi connectivity index (χ3v) is 4.90. The molecule has 0 amide bonds. The molecule has 7 nitrogen and oxygen atoms in total. The fourth-order valence-corrected chi connectivity index (χ4v) is 2.99. The molecule has 1 atom stereocenters. The van der Waals surface area contributed by atoms with Crippen molar-refractivity contribution in [2.75, 3.05) is 19.5 Å². The summed E-state index contributed by atoms with van der Waals surface area (Å²) >= 11 is 6.35. The molecule has 0 aliphatic heterocycles. The van der Waals surface area contributed by atoms with Crippen molar-refractivity contribution in [3.8, 4) is 0 Å². The molecule has 3 rings (SSSR count). The molecule has 0 saturated heterocycles. The largest absolute Gasteiger partial charge is 0.467 e. The highest BCUT2D eigenvalue weighted by atomic mass is 35.5. The van der Waals surface area contributed by atoms with Crippen LogP contribution in [0.15, 0.2) is 24.3 Å². The van der Waals surface area contributed by atoms with Gasteiger partial charge in [0, 0.05) is 12.3 Å². The second-order valence-corrected chi connectivity index (χ2v) is 7.15. The summed E-state index contributed by atoms with van der Waals surface area (Å²) < 4.78 is 9.70. The van der Waals surface area contributed by atoms with Crippen LogP contribution in [0.25, 0.3) is 0 Å². The zero-order valence-corrected chi connectivity index (χ0v) is 16.7. The van der Waals surface area contributed by atoms with E-state index in [0.717, 1.165) is 24.0 Å². The zero-order valence-electron chi connectivity index (χ0n) is 16.0. The summed E-state index contributed by atoms with van der Waals surface area (Å²) in [6.45, 7) is 1.99. The number of aromatic nitrogens is 2. The molecule has 1 saturated carbocycles. The lowest BCUT2D eigenvalue weighted by atomic mass is 10.0. The maximum absolute atomic E-state index is 12.3. The third-order valence-electron chi connectivity index (χ3n) is 4.55. The quantitative estimate of drug-likeness (QED) is 0.709. The van der Waals surface area contributed by atoms with Crippen LogP contribution in [0.2, 0.25) is 5.02 Å². The van der Waals surface area contributed by atoms with Crippen LogP contribution in [-0.4, -0.2) is 42.2 Å². The summed E-state index contributed by atoms with van der Waals surface area (Å²) in [5.41, 5.74) is 2.07. The smallest absolute Gasteiger partial charge is 0.358 e. The predicted octanol–water partition coefficient (Wildman–Crippen LogP) is 3.30. The van der Waals surface area contributed by atoms with E-state index in [1.807, 2.05) is 31.2 Å². The van der Waals surface area contributed by atoms with Gasteiger partial charge < -0.3 is 14.8 Å². The second kappa shape index (κ2) is 8.56. The Kier molecular flexibility index (Phi) is 6.14. The summed E-state index contributed by atoms with van der Waals surface area (Å²) in [6.07, 6.45) is 2.27. The molecule has 148 valence electrons. The van der Waals surface area contributed by atoms with Gasteiger partial charge in [0.15, 0.2) is 5.69 Å². The molecule has 1 aliphatic carbocycles. The Balaban J connectivity index is 1.92. The molecular formula is C20H22ClN3O4. The van der Waals surface area contributed by atoms with E-state index in [9.17, 15) is 9.59 Å². The van der Waals surface area contributed by atoms with E-state index < -0.39 is 18.0 Å². The number of nitrogens with zero attached hydrogens (tertiary/aromatic N) is 2. The predicted molar refractivity (Wildman–Crippen MR) is 105 cm³/mol. The number of hydrogen-bond acceptors (Lipinski definition) is 7.